The molecule has 1 aromatic rings. The van der Waals surface area contributed by atoms with Gasteiger partial charge in [-0.1, -0.05) is 6.07 Å². The number of rotatable bonds is 4. The first kappa shape index (κ1) is 12.9. The van der Waals surface area contributed by atoms with Gasteiger partial charge >= 0.3 is 0 Å². The SMILES string of the molecule is C#CCCOc1ccc(C)cc1S(=O)(=O)Cl. The molecule has 0 heterocycles. The van der Waals surface area contributed by atoms with E-state index in [1.165, 1.54) is 6.07 Å². The molecule has 0 saturated heterocycles. The molecule has 0 fully saturated rings. The van der Waals surface area contributed by atoms with Gasteiger partial charge in [-0.2, -0.15) is 0 Å². The molecule has 0 aliphatic carbocycles. The van der Waals surface area contributed by atoms with Gasteiger partial charge in [0.1, 0.15) is 10.6 Å². The summed E-state index contributed by atoms with van der Waals surface area (Å²) in [5.41, 5.74) is 0.795. The summed E-state index contributed by atoms with van der Waals surface area (Å²) in [6, 6.07) is 4.78. The first-order valence-electron chi connectivity index (χ1n) is 4.56. The van der Waals surface area contributed by atoms with Gasteiger partial charge in [-0.3, -0.25) is 0 Å². The third-order valence-electron chi connectivity index (χ3n) is 1.87. The van der Waals surface area contributed by atoms with E-state index in [1.807, 2.05) is 0 Å². The van der Waals surface area contributed by atoms with Crippen molar-refractivity contribution in [2.75, 3.05) is 6.61 Å². The van der Waals surface area contributed by atoms with Gasteiger partial charge in [0.2, 0.25) is 0 Å². The Morgan fingerprint density at radius 3 is 2.75 bits per heavy atom. The molecule has 0 atom stereocenters. The van der Waals surface area contributed by atoms with Gasteiger partial charge < -0.3 is 4.74 Å². The molecule has 0 aliphatic rings. The van der Waals surface area contributed by atoms with Crippen molar-refractivity contribution in [2.45, 2.75) is 18.2 Å². The van der Waals surface area contributed by atoms with Crippen LogP contribution < -0.4 is 4.74 Å². The zero-order valence-electron chi connectivity index (χ0n) is 8.73. The lowest BCUT2D eigenvalue weighted by atomic mass is 10.2. The van der Waals surface area contributed by atoms with Gasteiger partial charge in [0.15, 0.2) is 0 Å². The van der Waals surface area contributed by atoms with Crippen molar-refractivity contribution < 1.29 is 13.2 Å². The Labute approximate surface area is 99.8 Å². The zero-order chi connectivity index (χ0) is 12.2. The summed E-state index contributed by atoms with van der Waals surface area (Å²) in [5.74, 6) is 2.63. The fourth-order valence-corrected chi connectivity index (χ4v) is 2.20. The molecule has 86 valence electrons. The summed E-state index contributed by atoms with van der Waals surface area (Å²) < 4.78 is 27.8. The molecule has 0 spiro atoms. The number of hydrogen-bond donors (Lipinski definition) is 0. The van der Waals surface area contributed by atoms with Crippen molar-refractivity contribution in [3.63, 3.8) is 0 Å². The predicted molar refractivity (Wildman–Crippen MR) is 63.2 cm³/mol. The van der Waals surface area contributed by atoms with E-state index in [-0.39, 0.29) is 17.3 Å². The van der Waals surface area contributed by atoms with Crippen LogP contribution in [0.5, 0.6) is 5.75 Å². The highest BCUT2D eigenvalue weighted by Crippen LogP contribution is 2.27. The van der Waals surface area contributed by atoms with Crippen LogP contribution in [0.25, 0.3) is 0 Å². The van der Waals surface area contributed by atoms with Crippen LogP contribution in [0.2, 0.25) is 0 Å². The number of terminal acetylenes is 1. The minimum absolute atomic E-state index is 0.0220. The molecule has 0 bridgehead atoms. The van der Waals surface area contributed by atoms with E-state index in [9.17, 15) is 8.42 Å². The molecular formula is C11H11ClO3S. The predicted octanol–water partition coefficient (Wildman–Crippen LogP) is 2.32. The second-order valence-electron chi connectivity index (χ2n) is 3.19. The quantitative estimate of drug-likeness (QED) is 0.473. The van der Waals surface area contributed by atoms with Crippen LogP contribution in [0.3, 0.4) is 0 Å². The van der Waals surface area contributed by atoms with Crippen molar-refractivity contribution >= 4 is 19.7 Å². The van der Waals surface area contributed by atoms with Crippen molar-refractivity contribution in [3.8, 4) is 18.1 Å². The van der Waals surface area contributed by atoms with Crippen LogP contribution in [0.1, 0.15) is 12.0 Å². The Morgan fingerprint density at radius 1 is 1.50 bits per heavy atom. The van der Waals surface area contributed by atoms with E-state index in [2.05, 4.69) is 5.92 Å². The Bertz CT molecular complexity index is 515. The number of hydrogen-bond acceptors (Lipinski definition) is 3. The Hall–Kier alpha value is -1.18. The van der Waals surface area contributed by atoms with Gasteiger partial charge in [0, 0.05) is 17.1 Å². The molecule has 1 rings (SSSR count). The lowest BCUT2D eigenvalue weighted by molar-refractivity contribution is 0.319. The van der Waals surface area contributed by atoms with Crippen LogP contribution in [0.15, 0.2) is 23.1 Å². The topological polar surface area (TPSA) is 43.4 Å². The fourth-order valence-electron chi connectivity index (χ4n) is 1.14. The van der Waals surface area contributed by atoms with E-state index in [0.29, 0.717) is 6.42 Å². The van der Waals surface area contributed by atoms with Crippen molar-refractivity contribution in [1.82, 2.24) is 0 Å². The van der Waals surface area contributed by atoms with Crippen molar-refractivity contribution in [3.05, 3.63) is 23.8 Å². The smallest absolute Gasteiger partial charge is 0.264 e. The number of benzene rings is 1. The van der Waals surface area contributed by atoms with E-state index in [1.54, 1.807) is 19.1 Å². The van der Waals surface area contributed by atoms with Gasteiger partial charge in [0.25, 0.3) is 9.05 Å². The maximum absolute atomic E-state index is 11.3. The largest absolute Gasteiger partial charge is 0.491 e. The average Bonchev–Trinajstić information content (AvgIpc) is 2.19. The van der Waals surface area contributed by atoms with Crippen molar-refractivity contribution in [2.24, 2.45) is 0 Å². The molecule has 0 amide bonds. The summed E-state index contributed by atoms with van der Waals surface area (Å²) >= 11 is 0. The average molecular weight is 259 g/mol. The molecule has 5 heteroatoms. The molecule has 0 N–H and O–H groups in total. The molecule has 0 aromatic heterocycles. The molecule has 16 heavy (non-hydrogen) atoms. The van der Waals surface area contributed by atoms with E-state index >= 15 is 0 Å². The maximum Gasteiger partial charge on any atom is 0.264 e. The first-order chi connectivity index (χ1) is 7.45. The maximum atomic E-state index is 11.3. The highest BCUT2D eigenvalue weighted by Gasteiger charge is 2.16. The summed E-state index contributed by atoms with van der Waals surface area (Å²) in [6.45, 7) is 2.04. The van der Waals surface area contributed by atoms with Gasteiger partial charge in [-0.05, 0) is 24.6 Å². The van der Waals surface area contributed by atoms with Gasteiger partial charge in [-0.25, -0.2) is 8.42 Å². The van der Waals surface area contributed by atoms with E-state index in [0.717, 1.165) is 5.56 Å². The second-order valence-corrected chi connectivity index (χ2v) is 5.72. The normalized spacial score (nSPS) is 10.8. The van der Waals surface area contributed by atoms with E-state index < -0.39 is 9.05 Å². The molecule has 0 unspecified atom stereocenters. The molecule has 0 aliphatic heterocycles. The summed E-state index contributed by atoms with van der Waals surface area (Å²) in [7, 11) is 1.50. The van der Waals surface area contributed by atoms with Gasteiger partial charge in [-0.15, -0.1) is 12.3 Å². The van der Waals surface area contributed by atoms with Crippen LogP contribution in [0, 0.1) is 19.3 Å². The molecule has 1 aromatic carbocycles. The minimum atomic E-state index is -3.80. The third-order valence-corrected chi connectivity index (χ3v) is 3.21. The van der Waals surface area contributed by atoms with Crippen molar-refractivity contribution in [1.29, 1.82) is 0 Å². The zero-order valence-corrected chi connectivity index (χ0v) is 10.3. The lowest BCUT2D eigenvalue weighted by Gasteiger charge is -2.08. The Kier molecular flexibility index (Phi) is 4.22. The fraction of sp³-hybridized carbons (Fsp3) is 0.273. The summed E-state index contributed by atoms with van der Waals surface area (Å²) in [6.07, 6.45) is 5.48. The minimum Gasteiger partial charge on any atom is -0.491 e. The standard InChI is InChI=1S/C11H11ClO3S/c1-3-4-7-15-10-6-5-9(2)8-11(10)16(12,13)14/h1,5-6,8H,4,7H2,2H3. The molecule has 0 saturated carbocycles. The highest BCUT2D eigenvalue weighted by atomic mass is 35.7. The Morgan fingerprint density at radius 2 is 2.19 bits per heavy atom. The highest BCUT2D eigenvalue weighted by molar-refractivity contribution is 8.13. The molecular weight excluding hydrogens is 248 g/mol. The number of halogens is 1. The van der Waals surface area contributed by atoms with Crippen LogP contribution >= 0.6 is 10.7 Å². The Balaban J connectivity index is 3.05. The molecule has 3 nitrogen and oxygen atoms in total. The summed E-state index contributed by atoms with van der Waals surface area (Å²) in [4.78, 5) is -0.0220. The van der Waals surface area contributed by atoms with Crippen LogP contribution in [0.4, 0.5) is 0 Å². The number of aryl methyl sites for hydroxylation is 1. The van der Waals surface area contributed by atoms with Crippen LogP contribution in [-0.2, 0) is 9.05 Å². The van der Waals surface area contributed by atoms with Gasteiger partial charge in [0.05, 0.1) is 6.61 Å². The van der Waals surface area contributed by atoms with Crippen LogP contribution in [-0.4, -0.2) is 15.0 Å². The lowest BCUT2D eigenvalue weighted by Crippen LogP contribution is -2.01. The molecule has 0 radical (unpaired) electrons. The summed E-state index contributed by atoms with van der Waals surface area (Å²) in [5, 5.41) is 0. The first-order valence-corrected chi connectivity index (χ1v) is 6.87. The van der Waals surface area contributed by atoms with E-state index in [4.69, 9.17) is 21.8 Å². The number of ether oxygens (including phenoxy) is 1. The monoisotopic (exact) mass is 258 g/mol. The third kappa shape index (κ3) is 3.44. The second kappa shape index (κ2) is 5.24.